The number of thioether (sulfide) groups is 1. The molecule has 0 saturated carbocycles. The van der Waals surface area contributed by atoms with Gasteiger partial charge in [0.1, 0.15) is 11.9 Å². The van der Waals surface area contributed by atoms with Gasteiger partial charge in [-0.15, -0.1) is 0 Å². The van der Waals surface area contributed by atoms with Gasteiger partial charge in [0, 0.05) is 6.20 Å². The fraction of sp³-hybridized carbons (Fsp3) is 0.444. The smallest absolute Gasteiger partial charge is 0.358 e. The second-order valence-corrected chi connectivity index (χ2v) is 3.96. The van der Waals surface area contributed by atoms with E-state index in [1.165, 1.54) is 18.0 Å². The maximum Gasteiger partial charge on any atom is 0.408 e. The van der Waals surface area contributed by atoms with Crippen LogP contribution < -0.4 is 5.32 Å². The molecular weight excluding hydrogens is 255 g/mol. The van der Waals surface area contributed by atoms with Gasteiger partial charge >= 0.3 is 6.18 Å². The first kappa shape index (κ1) is 13.8. The Balaban J connectivity index is 2.99. The summed E-state index contributed by atoms with van der Waals surface area (Å²) in [7, 11) is 0. The summed E-state index contributed by atoms with van der Waals surface area (Å²) in [6.45, 7) is 0.954. The third-order valence-corrected chi connectivity index (χ3v) is 2.51. The van der Waals surface area contributed by atoms with Crippen LogP contribution >= 0.6 is 11.8 Å². The lowest BCUT2D eigenvalue weighted by Crippen LogP contribution is -2.33. The molecule has 0 amide bonds. The Hall–Kier alpha value is -1.31. The highest BCUT2D eigenvalue weighted by atomic mass is 32.2. The molecule has 0 radical (unpaired) electrons. The second kappa shape index (κ2) is 5.35. The number of aromatic nitrogens is 2. The van der Waals surface area contributed by atoms with Crippen LogP contribution in [0.4, 0.5) is 19.0 Å². The summed E-state index contributed by atoms with van der Waals surface area (Å²) in [6, 6.07) is -1.79. The van der Waals surface area contributed by atoms with E-state index in [4.69, 9.17) is 0 Å². The van der Waals surface area contributed by atoms with Crippen molar-refractivity contribution in [1.82, 2.24) is 9.97 Å². The molecule has 1 heterocycles. The van der Waals surface area contributed by atoms with Crippen LogP contribution in [0.2, 0.25) is 0 Å². The van der Waals surface area contributed by atoms with Crippen molar-refractivity contribution in [2.24, 2.45) is 0 Å². The van der Waals surface area contributed by atoms with Crippen LogP contribution in [0.3, 0.4) is 0 Å². The summed E-state index contributed by atoms with van der Waals surface area (Å²) in [5.41, 5.74) is -0.00102. The predicted molar refractivity (Wildman–Crippen MR) is 58.3 cm³/mol. The number of hydrogen-bond acceptors (Lipinski definition) is 5. The van der Waals surface area contributed by atoms with Crippen LogP contribution in [-0.4, -0.2) is 34.7 Å². The van der Waals surface area contributed by atoms with Gasteiger partial charge < -0.3 is 5.32 Å². The van der Waals surface area contributed by atoms with E-state index in [2.05, 4.69) is 15.3 Å². The lowest BCUT2D eigenvalue weighted by molar-refractivity contribution is -0.138. The van der Waals surface area contributed by atoms with Crippen LogP contribution in [0.1, 0.15) is 17.3 Å². The predicted octanol–water partition coefficient (Wildman–Crippen LogP) is 2.37. The molecule has 1 rings (SSSR count). The van der Waals surface area contributed by atoms with Crippen LogP contribution in [-0.2, 0) is 0 Å². The number of alkyl halides is 3. The average Bonchev–Trinajstić information content (AvgIpc) is 2.27. The summed E-state index contributed by atoms with van der Waals surface area (Å²) in [5, 5.41) is 2.45. The molecule has 0 aliphatic rings. The van der Waals surface area contributed by atoms with Gasteiger partial charge in [0.05, 0.1) is 5.56 Å². The highest BCUT2D eigenvalue weighted by molar-refractivity contribution is 7.98. The molecule has 0 saturated heterocycles. The zero-order valence-electron chi connectivity index (χ0n) is 9.08. The molecule has 0 spiro atoms. The molecule has 1 atom stereocenters. The molecule has 1 aromatic rings. The zero-order valence-corrected chi connectivity index (χ0v) is 9.89. The molecule has 94 valence electrons. The van der Waals surface area contributed by atoms with Crippen molar-refractivity contribution < 1.29 is 18.0 Å². The normalized spacial score (nSPS) is 13.2. The van der Waals surface area contributed by atoms with Crippen molar-refractivity contribution in [2.75, 3.05) is 11.6 Å². The maximum absolute atomic E-state index is 12.4. The Kier molecular flexibility index (Phi) is 4.33. The van der Waals surface area contributed by atoms with Crippen LogP contribution in [0.5, 0.6) is 0 Å². The Morgan fingerprint density at radius 1 is 1.53 bits per heavy atom. The first-order chi connectivity index (χ1) is 7.88. The third kappa shape index (κ3) is 3.58. The second-order valence-electron chi connectivity index (χ2n) is 3.19. The molecule has 17 heavy (non-hydrogen) atoms. The zero-order chi connectivity index (χ0) is 13.1. The Morgan fingerprint density at radius 3 is 2.65 bits per heavy atom. The van der Waals surface area contributed by atoms with Gasteiger partial charge in [0.2, 0.25) is 0 Å². The molecule has 8 heteroatoms. The summed E-state index contributed by atoms with van der Waals surface area (Å²) in [5.74, 6) is -0.107. The number of nitrogens with zero attached hydrogens (tertiary/aromatic N) is 2. The monoisotopic (exact) mass is 265 g/mol. The topological polar surface area (TPSA) is 54.9 Å². The Morgan fingerprint density at radius 2 is 2.18 bits per heavy atom. The largest absolute Gasteiger partial charge is 0.408 e. The molecule has 4 nitrogen and oxygen atoms in total. The minimum Gasteiger partial charge on any atom is -0.358 e. The van der Waals surface area contributed by atoms with E-state index < -0.39 is 12.2 Å². The Bertz CT molecular complexity index is 411. The molecule has 0 aliphatic carbocycles. The molecule has 0 aromatic carbocycles. The van der Waals surface area contributed by atoms with E-state index in [0.717, 1.165) is 6.92 Å². The third-order valence-electron chi connectivity index (χ3n) is 1.95. The number of halogens is 3. The lowest BCUT2D eigenvalue weighted by Gasteiger charge is -2.18. The molecule has 1 aromatic heterocycles. The van der Waals surface area contributed by atoms with E-state index in [9.17, 15) is 18.0 Å². The first-order valence-electron chi connectivity index (χ1n) is 4.58. The summed E-state index contributed by atoms with van der Waals surface area (Å²) >= 11 is 1.18. The van der Waals surface area contributed by atoms with Crippen LogP contribution in [0.15, 0.2) is 11.4 Å². The minimum absolute atomic E-state index is 0.00102. The van der Waals surface area contributed by atoms with Gasteiger partial charge in [0.25, 0.3) is 0 Å². The van der Waals surface area contributed by atoms with Crippen LogP contribution in [0.25, 0.3) is 0 Å². The fourth-order valence-corrected chi connectivity index (χ4v) is 1.30. The minimum atomic E-state index is -4.40. The number of carbonyl (C=O) groups excluding carboxylic acids is 1. The van der Waals surface area contributed by atoms with Crippen molar-refractivity contribution in [3.63, 3.8) is 0 Å². The molecule has 0 bridgehead atoms. The SMILES string of the molecule is CSc1ncc(C=O)c(NC(C)C(F)(F)F)n1. The molecule has 0 fully saturated rings. The standard InChI is InChI=1S/C9H10F3N3OS/c1-5(9(10,11)12)14-7-6(4-16)3-13-8(15-7)17-2/h3-5H,1-2H3,(H,13,14,15). The van der Waals surface area contributed by atoms with Crippen LogP contribution in [0, 0.1) is 0 Å². The number of nitrogens with one attached hydrogen (secondary N) is 1. The first-order valence-corrected chi connectivity index (χ1v) is 5.80. The van der Waals surface area contributed by atoms with Crippen molar-refractivity contribution in [2.45, 2.75) is 24.3 Å². The quantitative estimate of drug-likeness (QED) is 0.514. The highest BCUT2D eigenvalue weighted by Crippen LogP contribution is 2.24. The van der Waals surface area contributed by atoms with Crippen molar-refractivity contribution >= 4 is 23.9 Å². The van der Waals surface area contributed by atoms with Gasteiger partial charge in [-0.25, -0.2) is 9.97 Å². The number of aldehydes is 1. The highest BCUT2D eigenvalue weighted by Gasteiger charge is 2.36. The van der Waals surface area contributed by atoms with Gasteiger partial charge in [-0.1, -0.05) is 11.8 Å². The number of rotatable bonds is 4. The molecule has 1 unspecified atom stereocenters. The van der Waals surface area contributed by atoms with Crippen molar-refractivity contribution in [1.29, 1.82) is 0 Å². The van der Waals surface area contributed by atoms with Gasteiger partial charge in [0.15, 0.2) is 11.4 Å². The van der Waals surface area contributed by atoms with Crippen molar-refractivity contribution in [3.05, 3.63) is 11.8 Å². The van der Waals surface area contributed by atoms with E-state index in [1.54, 1.807) is 6.26 Å². The van der Waals surface area contributed by atoms with Gasteiger partial charge in [-0.05, 0) is 13.2 Å². The van der Waals surface area contributed by atoms with E-state index in [1.807, 2.05) is 0 Å². The maximum atomic E-state index is 12.4. The fourth-order valence-electron chi connectivity index (χ4n) is 0.962. The molecular formula is C9H10F3N3OS. The van der Waals surface area contributed by atoms with E-state index >= 15 is 0 Å². The number of anilines is 1. The van der Waals surface area contributed by atoms with E-state index in [-0.39, 0.29) is 11.4 Å². The summed E-state index contributed by atoms with van der Waals surface area (Å²) < 4.78 is 37.1. The number of carbonyl (C=O) groups is 1. The number of hydrogen-bond donors (Lipinski definition) is 1. The summed E-state index contributed by atoms with van der Waals surface area (Å²) in [4.78, 5) is 18.3. The summed E-state index contributed by atoms with van der Waals surface area (Å²) in [6.07, 6.45) is -1.11. The van der Waals surface area contributed by atoms with Gasteiger partial charge in [-0.3, -0.25) is 4.79 Å². The van der Waals surface area contributed by atoms with E-state index in [0.29, 0.717) is 11.4 Å². The lowest BCUT2D eigenvalue weighted by atomic mass is 10.3. The average molecular weight is 265 g/mol. The Labute approximate surface area is 100 Å². The van der Waals surface area contributed by atoms with Crippen molar-refractivity contribution in [3.8, 4) is 0 Å². The molecule has 1 N–H and O–H groups in total. The van der Waals surface area contributed by atoms with Gasteiger partial charge in [-0.2, -0.15) is 13.2 Å². The molecule has 0 aliphatic heterocycles.